The van der Waals surface area contributed by atoms with E-state index in [9.17, 15) is 0 Å². The van der Waals surface area contributed by atoms with Gasteiger partial charge in [0.25, 0.3) is 0 Å². The molecule has 4 atom stereocenters. The van der Waals surface area contributed by atoms with Crippen molar-refractivity contribution in [3.8, 4) is 0 Å². The van der Waals surface area contributed by atoms with Crippen molar-refractivity contribution in [2.24, 2.45) is 11.8 Å². The van der Waals surface area contributed by atoms with E-state index < -0.39 is 0 Å². The van der Waals surface area contributed by atoms with E-state index >= 15 is 0 Å². The third kappa shape index (κ3) is 0.859. The molecule has 3 saturated heterocycles. The maximum absolute atomic E-state index is 5.73. The zero-order valence-electron chi connectivity index (χ0n) is 6.66. The lowest BCUT2D eigenvalue weighted by Gasteiger charge is -2.50. The first-order valence-corrected chi connectivity index (χ1v) is 4.70. The van der Waals surface area contributed by atoms with Gasteiger partial charge in [-0.15, -0.1) is 0 Å². The first-order chi connectivity index (χ1) is 5.43. The molecule has 1 saturated carbocycles. The van der Waals surface area contributed by atoms with Gasteiger partial charge in [0.15, 0.2) is 6.29 Å². The molecule has 0 aromatic rings. The maximum Gasteiger partial charge on any atom is 0.158 e. The summed E-state index contributed by atoms with van der Waals surface area (Å²) in [6.07, 6.45) is 5.96. The molecule has 62 valence electrons. The molecule has 0 spiro atoms. The highest BCUT2D eigenvalue weighted by Gasteiger charge is 2.45. The Morgan fingerprint density at radius 2 is 2.18 bits per heavy atom. The Balaban J connectivity index is 1.88. The highest BCUT2D eigenvalue weighted by atomic mass is 16.7. The zero-order valence-corrected chi connectivity index (χ0v) is 6.66. The van der Waals surface area contributed by atoms with Gasteiger partial charge < -0.3 is 9.47 Å². The van der Waals surface area contributed by atoms with Gasteiger partial charge in [-0.25, -0.2) is 0 Å². The van der Waals surface area contributed by atoms with Crippen molar-refractivity contribution in [2.45, 2.75) is 38.1 Å². The summed E-state index contributed by atoms with van der Waals surface area (Å²) in [5, 5.41) is 0. The molecule has 0 radical (unpaired) electrons. The van der Waals surface area contributed by atoms with Gasteiger partial charge in [0, 0.05) is 12.3 Å². The molecule has 0 aromatic carbocycles. The van der Waals surface area contributed by atoms with Crippen LogP contribution in [0.4, 0.5) is 0 Å². The molecular weight excluding hydrogens is 140 g/mol. The molecule has 0 aromatic heterocycles. The molecule has 0 N–H and O–H groups in total. The average molecular weight is 154 g/mol. The van der Waals surface area contributed by atoms with E-state index in [1.54, 1.807) is 0 Å². The standard InChI is InChI=1S/C9H14O2/c1-2-6-4-9-10-5-7(6)8(3-1)11-9/h6-9H,1-5H2. The molecule has 4 bridgehead atoms. The van der Waals surface area contributed by atoms with Crippen LogP contribution in [0.15, 0.2) is 0 Å². The summed E-state index contributed by atoms with van der Waals surface area (Å²) in [6.45, 7) is 0.972. The molecule has 4 rings (SSSR count). The van der Waals surface area contributed by atoms with Crippen molar-refractivity contribution in [2.75, 3.05) is 6.61 Å². The second-order valence-electron chi connectivity index (χ2n) is 4.03. The molecule has 4 unspecified atom stereocenters. The van der Waals surface area contributed by atoms with E-state index in [4.69, 9.17) is 9.47 Å². The number of ether oxygens (including phenoxy) is 2. The fourth-order valence-corrected chi connectivity index (χ4v) is 2.84. The third-order valence-corrected chi connectivity index (χ3v) is 3.44. The van der Waals surface area contributed by atoms with Crippen LogP contribution in [0.2, 0.25) is 0 Å². The largest absolute Gasteiger partial charge is 0.352 e. The van der Waals surface area contributed by atoms with E-state index in [2.05, 4.69) is 0 Å². The van der Waals surface area contributed by atoms with E-state index in [0.29, 0.717) is 6.10 Å². The predicted octanol–water partition coefficient (Wildman–Crippen LogP) is 1.55. The maximum atomic E-state index is 5.73. The minimum atomic E-state index is 0.162. The third-order valence-electron chi connectivity index (χ3n) is 3.44. The number of hydrogen-bond acceptors (Lipinski definition) is 2. The lowest BCUT2D eigenvalue weighted by molar-refractivity contribution is -0.297. The van der Waals surface area contributed by atoms with Gasteiger partial charge in [0.1, 0.15) is 0 Å². The van der Waals surface area contributed by atoms with E-state index in [1.165, 1.54) is 25.7 Å². The minimum Gasteiger partial charge on any atom is -0.352 e. The van der Waals surface area contributed by atoms with Crippen molar-refractivity contribution in [3.05, 3.63) is 0 Å². The first kappa shape index (κ1) is 6.44. The Morgan fingerprint density at radius 1 is 1.18 bits per heavy atom. The second kappa shape index (κ2) is 2.20. The highest BCUT2D eigenvalue weighted by Crippen LogP contribution is 2.44. The molecule has 3 heterocycles. The molecule has 11 heavy (non-hydrogen) atoms. The Hall–Kier alpha value is -0.0800. The highest BCUT2D eigenvalue weighted by molar-refractivity contribution is 4.90. The smallest absolute Gasteiger partial charge is 0.158 e. The van der Waals surface area contributed by atoms with Gasteiger partial charge in [0.05, 0.1) is 12.7 Å². The summed E-state index contributed by atoms with van der Waals surface area (Å²) in [4.78, 5) is 0. The normalized spacial score (nSPS) is 54.5. The minimum absolute atomic E-state index is 0.162. The molecule has 4 aliphatic rings. The quantitative estimate of drug-likeness (QED) is 0.527. The molecular formula is C9H14O2. The predicted molar refractivity (Wildman–Crippen MR) is 40.1 cm³/mol. The summed E-state index contributed by atoms with van der Waals surface area (Å²) >= 11 is 0. The molecule has 2 nitrogen and oxygen atoms in total. The summed E-state index contributed by atoms with van der Waals surface area (Å²) in [5.41, 5.74) is 0. The fourth-order valence-electron chi connectivity index (χ4n) is 2.84. The van der Waals surface area contributed by atoms with Crippen LogP contribution in [-0.4, -0.2) is 19.0 Å². The van der Waals surface area contributed by atoms with Crippen LogP contribution in [0, 0.1) is 11.8 Å². The van der Waals surface area contributed by atoms with E-state index in [0.717, 1.165) is 18.4 Å². The van der Waals surface area contributed by atoms with Gasteiger partial charge in [-0.2, -0.15) is 0 Å². The average Bonchev–Trinajstić information content (AvgIpc) is 2.05. The molecule has 4 fully saturated rings. The van der Waals surface area contributed by atoms with Gasteiger partial charge >= 0.3 is 0 Å². The monoisotopic (exact) mass is 154 g/mol. The summed E-state index contributed by atoms with van der Waals surface area (Å²) in [6, 6.07) is 0. The van der Waals surface area contributed by atoms with Crippen LogP contribution in [-0.2, 0) is 9.47 Å². The molecule has 3 aliphatic heterocycles. The van der Waals surface area contributed by atoms with Crippen LogP contribution in [0.3, 0.4) is 0 Å². The molecule has 2 heteroatoms. The van der Waals surface area contributed by atoms with Crippen LogP contribution >= 0.6 is 0 Å². The van der Waals surface area contributed by atoms with Gasteiger partial charge in [-0.1, -0.05) is 6.42 Å². The van der Waals surface area contributed by atoms with Crippen LogP contribution in [0.25, 0.3) is 0 Å². The fraction of sp³-hybridized carbons (Fsp3) is 1.00. The summed E-state index contributed by atoms with van der Waals surface area (Å²) < 4.78 is 11.2. The first-order valence-electron chi connectivity index (χ1n) is 4.70. The number of rotatable bonds is 0. The number of hydrogen-bond donors (Lipinski definition) is 0. The zero-order chi connectivity index (χ0) is 7.26. The molecule has 0 amide bonds. The van der Waals surface area contributed by atoms with Crippen LogP contribution < -0.4 is 0 Å². The van der Waals surface area contributed by atoms with Gasteiger partial charge in [-0.05, 0) is 18.8 Å². The van der Waals surface area contributed by atoms with Crippen molar-refractivity contribution in [1.82, 2.24) is 0 Å². The Labute approximate surface area is 66.9 Å². The van der Waals surface area contributed by atoms with Crippen molar-refractivity contribution in [1.29, 1.82) is 0 Å². The lowest BCUT2D eigenvalue weighted by atomic mass is 9.73. The summed E-state index contributed by atoms with van der Waals surface area (Å²) in [7, 11) is 0. The second-order valence-corrected chi connectivity index (χ2v) is 4.03. The van der Waals surface area contributed by atoms with Crippen molar-refractivity contribution < 1.29 is 9.47 Å². The van der Waals surface area contributed by atoms with Crippen LogP contribution in [0.1, 0.15) is 25.7 Å². The van der Waals surface area contributed by atoms with Gasteiger partial charge in [0.2, 0.25) is 0 Å². The SMILES string of the molecule is C1CC2CC3OCC2C(C1)O3. The van der Waals surface area contributed by atoms with Crippen molar-refractivity contribution >= 4 is 0 Å². The van der Waals surface area contributed by atoms with Crippen LogP contribution in [0.5, 0.6) is 0 Å². The Bertz CT molecular complexity index is 155. The Morgan fingerprint density at radius 3 is 2.91 bits per heavy atom. The number of fused-ring (bicyclic) bond motifs is 1. The van der Waals surface area contributed by atoms with Crippen molar-refractivity contribution in [3.63, 3.8) is 0 Å². The summed E-state index contributed by atoms with van der Waals surface area (Å²) in [5.74, 6) is 1.68. The molecule has 1 aliphatic carbocycles. The lowest BCUT2D eigenvalue weighted by Crippen LogP contribution is -2.52. The van der Waals surface area contributed by atoms with E-state index in [-0.39, 0.29) is 6.29 Å². The van der Waals surface area contributed by atoms with Gasteiger partial charge in [-0.3, -0.25) is 0 Å². The van der Waals surface area contributed by atoms with E-state index in [1.807, 2.05) is 0 Å². The Kier molecular flexibility index (Phi) is 1.29. The topological polar surface area (TPSA) is 18.5 Å².